The van der Waals surface area contributed by atoms with Gasteiger partial charge in [0.2, 0.25) is 5.91 Å². The summed E-state index contributed by atoms with van der Waals surface area (Å²) in [4.78, 5) is 29.3. The molecule has 188 valence electrons. The fourth-order valence-electron chi connectivity index (χ4n) is 4.65. The second kappa shape index (κ2) is 10.1. The van der Waals surface area contributed by atoms with Crippen LogP contribution in [0.5, 0.6) is 5.75 Å². The van der Waals surface area contributed by atoms with Crippen molar-refractivity contribution in [2.45, 2.75) is 32.1 Å². The van der Waals surface area contributed by atoms with Gasteiger partial charge < -0.3 is 15.0 Å². The molecule has 0 saturated heterocycles. The molecule has 37 heavy (non-hydrogen) atoms. The van der Waals surface area contributed by atoms with Crippen LogP contribution in [0, 0.1) is 0 Å². The molecule has 5 rings (SSSR count). The summed E-state index contributed by atoms with van der Waals surface area (Å²) >= 11 is 6.45. The Morgan fingerprint density at radius 3 is 2.43 bits per heavy atom. The van der Waals surface area contributed by atoms with E-state index in [4.69, 9.17) is 21.4 Å². The number of carbonyl (C=O) groups excluding carboxylic acids is 2. The van der Waals surface area contributed by atoms with Crippen LogP contribution in [-0.4, -0.2) is 39.1 Å². The van der Waals surface area contributed by atoms with E-state index in [1.165, 1.54) is 0 Å². The second-order valence-corrected chi connectivity index (χ2v) is 9.60. The molecule has 1 aliphatic heterocycles. The van der Waals surface area contributed by atoms with E-state index >= 15 is 0 Å². The number of rotatable bonds is 7. The van der Waals surface area contributed by atoms with Gasteiger partial charge in [0.15, 0.2) is 0 Å². The van der Waals surface area contributed by atoms with E-state index in [1.54, 1.807) is 35.7 Å². The van der Waals surface area contributed by atoms with Gasteiger partial charge in [0.25, 0.3) is 5.91 Å². The highest BCUT2D eigenvalue weighted by molar-refractivity contribution is 6.31. The highest BCUT2D eigenvalue weighted by Crippen LogP contribution is 2.32. The van der Waals surface area contributed by atoms with E-state index in [0.29, 0.717) is 22.2 Å². The lowest BCUT2D eigenvalue weighted by atomic mass is 9.94. The maximum atomic E-state index is 13.9. The Bertz CT molecular complexity index is 1450. The van der Waals surface area contributed by atoms with Crippen molar-refractivity contribution >= 4 is 23.4 Å². The van der Waals surface area contributed by atoms with Gasteiger partial charge in [-0.05, 0) is 30.7 Å². The lowest BCUT2D eigenvalue weighted by Gasteiger charge is -2.43. The van der Waals surface area contributed by atoms with E-state index in [2.05, 4.69) is 5.32 Å². The van der Waals surface area contributed by atoms with Gasteiger partial charge in [-0.25, -0.2) is 0 Å². The number of fused-ring (bicyclic) bond motifs is 1. The van der Waals surface area contributed by atoms with Crippen LogP contribution in [0.4, 0.5) is 0 Å². The van der Waals surface area contributed by atoms with Crippen molar-refractivity contribution in [2.24, 2.45) is 0 Å². The zero-order chi connectivity index (χ0) is 26.0. The molecular formula is C29H27ClN4O3. The number of para-hydroxylation sites is 1. The number of hydrogen-bond acceptors (Lipinski definition) is 4. The topological polar surface area (TPSA) is 76.5 Å². The predicted molar refractivity (Wildman–Crippen MR) is 142 cm³/mol. The lowest BCUT2D eigenvalue weighted by molar-refractivity contribution is -0.133. The summed E-state index contributed by atoms with van der Waals surface area (Å²) in [5.41, 5.74) is 2.40. The number of ether oxygens (including phenoxy) is 1. The standard InChI is InChI=1S/C29H27ClN4O3/c1-29(28(36)31-17-21-12-7-9-15-26(21)37-2)19-34-25(16-24(32-34)20-10-4-3-5-11-20)27(35)33(29)18-22-13-6-8-14-23(22)30/h3-16H,17-19H2,1-2H3,(H,31,36)/t29-/m1/s1. The molecule has 0 unspecified atom stereocenters. The Balaban J connectivity index is 1.50. The Morgan fingerprint density at radius 1 is 1.03 bits per heavy atom. The lowest BCUT2D eigenvalue weighted by Crippen LogP contribution is -2.63. The van der Waals surface area contributed by atoms with E-state index in [0.717, 1.165) is 16.7 Å². The minimum Gasteiger partial charge on any atom is -0.496 e. The summed E-state index contributed by atoms with van der Waals surface area (Å²) < 4.78 is 7.06. The van der Waals surface area contributed by atoms with E-state index < -0.39 is 5.54 Å². The van der Waals surface area contributed by atoms with Crippen molar-refractivity contribution in [3.05, 3.63) is 107 Å². The minimum atomic E-state index is -1.22. The highest BCUT2D eigenvalue weighted by atomic mass is 35.5. The first-order valence-corrected chi connectivity index (χ1v) is 12.4. The fourth-order valence-corrected chi connectivity index (χ4v) is 4.85. The molecule has 3 aromatic carbocycles. The van der Waals surface area contributed by atoms with E-state index in [-0.39, 0.29) is 31.4 Å². The molecule has 8 heteroatoms. The Hall–Kier alpha value is -4.10. The monoisotopic (exact) mass is 514 g/mol. The summed E-state index contributed by atoms with van der Waals surface area (Å²) in [6.45, 7) is 2.41. The van der Waals surface area contributed by atoms with E-state index in [1.807, 2.05) is 72.8 Å². The number of halogens is 1. The van der Waals surface area contributed by atoms with Gasteiger partial charge in [-0.15, -0.1) is 0 Å². The molecule has 1 aromatic heterocycles. The van der Waals surface area contributed by atoms with Crippen LogP contribution in [-0.2, 0) is 24.4 Å². The number of aromatic nitrogens is 2. The maximum absolute atomic E-state index is 13.9. The molecule has 0 radical (unpaired) electrons. The quantitative estimate of drug-likeness (QED) is 0.379. The number of carbonyl (C=O) groups is 2. The smallest absolute Gasteiger partial charge is 0.273 e. The molecule has 4 aromatic rings. The molecule has 0 fully saturated rings. The van der Waals surface area contributed by atoms with Gasteiger partial charge in [-0.1, -0.05) is 78.3 Å². The Kier molecular flexibility index (Phi) is 6.72. The zero-order valence-corrected chi connectivity index (χ0v) is 21.4. The largest absolute Gasteiger partial charge is 0.496 e. The van der Waals surface area contributed by atoms with E-state index in [9.17, 15) is 9.59 Å². The maximum Gasteiger partial charge on any atom is 0.273 e. The number of nitrogens with zero attached hydrogens (tertiary/aromatic N) is 3. The van der Waals surface area contributed by atoms with Crippen molar-refractivity contribution in [3.8, 4) is 17.0 Å². The van der Waals surface area contributed by atoms with Crippen LogP contribution in [0.15, 0.2) is 84.9 Å². The number of hydrogen-bond donors (Lipinski definition) is 1. The molecule has 0 aliphatic carbocycles. The molecule has 1 aliphatic rings. The summed E-state index contributed by atoms with van der Waals surface area (Å²) in [5.74, 6) is 0.111. The van der Waals surface area contributed by atoms with Gasteiger partial charge in [0, 0.05) is 29.2 Å². The third-order valence-corrected chi connectivity index (χ3v) is 7.14. The highest BCUT2D eigenvalue weighted by Gasteiger charge is 2.48. The molecular weight excluding hydrogens is 488 g/mol. The average Bonchev–Trinajstić information content (AvgIpc) is 3.35. The third-order valence-electron chi connectivity index (χ3n) is 6.77. The summed E-state index contributed by atoms with van der Waals surface area (Å²) in [6, 6.07) is 26.3. The van der Waals surface area contributed by atoms with Crippen LogP contribution < -0.4 is 10.1 Å². The third kappa shape index (κ3) is 4.70. The summed E-state index contributed by atoms with van der Waals surface area (Å²) in [5, 5.41) is 8.25. The van der Waals surface area contributed by atoms with Gasteiger partial charge in [-0.3, -0.25) is 14.3 Å². The minimum absolute atomic E-state index is 0.183. The van der Waals surface area contributed by atoms with Crippen LogP contribution >= 0.6 is 11.6 Å². The van der Waals surface area contributed by atoms with Crippen LogP contribution in [0.3, 0.4) is 0 Å². The first-order valence-electron chi connectivity index (χ1n) is 12.0. The molecule has 0 saturated carbocycles. The predicted octanol–water partition coefficient (Wildman–Crippen LogP) is 4.94. The number of nitrogens with one attached hydrogen (secondary N) is 1. The molecule has 1 N–H and O–H groups in total. The first kappa shape index (κ1) is 24.6. The van der Waals surface area contributed by atoms with Crippen LogP contribution in [0.1, 0.15) is 28.5 Å². The molecule has 1 atom stereocenters. The molecule has 7 nitrogen and oxygen atoms in total. The molecule has 0 spiro atoms. The van der Waals surface area contributed by atoms with Gasteiger partial charge in [-0.2, -0.15) is 5.10 Å². The molecule has 0 bridgehead atoms. The molecule has 2 heterocycles. The number of benzene rings is 3. The second-order valence-electron chi connectivity index (χ2n) is 9.19. The van der Waals surface area contributed by atoms with Crippen LogP contribution in [0.2, 0.25) is 5.02 Å². The van der Waals surface area contributed by atoms with Crippen molar-refractivity contribution in [3.63, 3.8) is 0 Å². The van der Waals surface area contributed by atoms with Crippen LogP contribution in [0.25, 0.3) is 11.3 Å². The summed E-state index contributed by atoms with van der Waals surface area (Å²) in [7, 11) is 1.59. The fraction of sp³-hybridized carbons (Fsp3) is 0.207. The van der Waals surface area contributed by atoms with Crippen molar-refractivity contribution in [2.75, 3.05) is 7.11 Å². The average molecular weight is 515 g/mol. The van der Waals surface area contributed by atoms with Crippen molar-refractivity contribution in [1.29, 1.82) is 0 Å². The van der Waals surface area contributed by atoms with Gasteiger partial charge in [0.05, 0.1) is 19.3 Å². The SMILES string of the molecule is COc1ccccc1CNC(=O)[C@@]1(C)Cn2nc(-c3ccccc3)cc2C(=O)N1Cc1ccccc1Cl. The van der Waals surface area contributed by atoms with Crippen molar-refractivity contribution in [1.82, 2.24) is 20.0 Å². The van der Waals surface area contributed by atoms with Gasteiger partial charge >= 0.3 is 0 Å². The Labute approximate surface area is 220 Å². The molecule has 2 amide bonds. The number of methoxy groups -OCH3 is 1. The Morgan fingerprint density at radius 2 is 1.70 bits per heavy atom. The normalized spacial score (nSPS) is 16.8. The van der Waals surface area contributed by atoms with Gasteiger partial charge in [0.1, 0.15) is 17.0 Å². The van der Waals surface area contributed by atoms with Crippen molar-refractivity contribution < 1.29 is 14.3 Å². The number of amides is 2. The first-order chi connectivity index (χ1) is 17.9. The summed E-state index contributed by atoms with van der Waals surface area (Å²) in [6.07, 6.45) is 0. The zero-order valence-electron chi connectivity index (χ0n) is 20.6.